The molecular weight excluding hydrogens is 619 g/mol. The van der Waals surface area contributed by atoms with E-state index in [9.17, 15) is 0 Å². The van der Waals surface area contributed by atoms with Crippen LogP contribution in [0.4, 0.5) is 0 Å². The van der Waals surface area contributed by atoms with Crippen molar-refractivity contribution in [2.24, 2.45) is 0 Å². The van der Waals surface area contributed by atoms with Gasteiger partial charge < -0.3 is 24.8 Å². The number of allylic oxidation sites excluding steroid dienone is 2. The van der Waals surface area contributed by atoms with Gasteiger partial charge in [0.2, 0.25) is 0 Å². The van der Waals surface area contributed by atoms with E-state index in [2.05, 4.69) is 126 Å². The first-order chi connectivity index (χ1) is 18.8. The van der Waals surface area contributed by atoms with E-state index < -0.39 is 20.3 Å². The molecule has 2 aliphatic carbocycles. The Bertz CT molecular complexity index is 1580. The first kappa shape index (κ1) is 30.3. The Labute approximate surface area is 263 Å². The average molecular weight is 657 g/mol. The van der Waals surface area contributed by atoms with Crippen molar-refractivity contribution in [2.45, 2.75) is 57.1 Å². The average Bonchev–Trinajstić information content (AvgIpc) is 3.53. The third-order valence-electron chi connectivity index (χ3n) is 10.3. The summed E-state index contributed by atoms with van der Waals surface area (Å²) in [6.45, 7) is 14.4. The molecule has 1 aliphatic heterocycles. The fourth-order valence-electron chi connectivity index (χ4n) is 8.14. The molecule has 4 aromatic carbocycles. The van der Waals surface area contributed by atoms with Crippen molar-refractivity contribution in [3.05, 3.63) is 128 Å². The van der Waals surface area contributed by atoms with Crippen LogP contribution in [0.1, 0.15) is 65.6 Å². The Balaban J connectivity index is 0.00000169. The minimum absolute atomic E-state index is 0. The van der Waals surface area contributed by atoms with E-state index in [1.165, 1.54) is 63.9 Å². The number of benzene rings is 4. The molecule has 0 radical (unpaired) electrons. The Morgan fingerprint density at radius 3 is 1.24 bits per heavy atom. The zero-order chi connectivity index (χ0) is 27.1. The SMILES string of the molecule is CC1=Cc2c(-c3ccccc3)cc(C)c(C)c2[CH]1[Zr+2]1([CH]2C(C)=Cc3c(-c4ccccc4)cc(C)c(C)c32)[CH2][CH2]1.[Cl-].[Cl-]. The van der Waals surface area contributed by atoms with E-state index in [0.29, 0.717) is 7.25 Å². The second kappa shape index (κ2) is 11.1. The molecule has 0 aromatic heterocycles. The molecule has 0 nitrogen and oxygen atoms in total. The summed E-state index contributed by atoms with van der Waals surface area (Å²) in [4.78, 5) is 0. The summed E-state index contributed by atoms with van der Waals surface area (Å²) in [7, 11) is 0. The zero-order valence-electron chi connectivity index (χ0n) is 24.9. The van der Waals surface area contributed by atoms with Gasteiger partial charge in [-0.3, -0.25) is 0 Å². The van der Waals surface area contributed by atoms with Gasteiger partial charge in [-0.15, -0.1) is 0 Å². The largest absolute Gasteiger partial charge is 1.00 e. The molecule has 1 heterocycles. The quantitative estimate of drug-likeness (QED) is 0.294. The van der Waals surface area contributed by atoms with Crippen LogP contribution in [-0.4, -0.2) is 0 Å². The maximum Gasteiger partial charge on any atom is -1.00 e. The third kappa shape index (κ3) is 4.59. The standard InChI is InChI=1S/2C18H17.C2H4.2ClH.Zr/c2*1-12-9-16-14(3)13(2)11-17(18(16)10-12)15-7-5-4-6-8-15;1-2;;;/h2*4-11H,1-3H3;1-2H2;2*1H;/q;;;;;+2/p-2. The van der Waals surface area contributed by atoms with Crippen LogP contribution in [0.25, 0.3) is 34.4 Å². The second-order valence-electron chi connectivity index (χ2n) is 12.5. The monoisotopic (exact) mass is 654 g/mol. The minimum Gasteiger partial charge on any atom is -1.00 e. The maximum absolute atomic E-state index is 2.71. The molecule has 4 aromatic rings. The van der Waals surface area contributed by atoms with Gasteiger partial charge in [0.05, 0.1) is 0 Å². The van der Waals surface area contributed by atoms with E-state index in [4.69, 9.17) is 0 Å². The Morgan fingerprint density at radius 2 is 0.902 bits per heavy atom. The first-order valence-electron chi connectivity index (χ1n) is 14.6. The number of fused-ring (bicyclic) bond motifs is 2. The first-order valence-corrected chi connectivity index (χ1v) is 20.9. The van der Waals surface area contributed by atoms with Gasteiger partial charge in [-0.25, -0.2) is 0 Å². The number of hydrogen-bond acceptors (Lipinski definition) is 0. The zero-order valence-corrected chi connectivity index (χ0v) is 28.9. The molecule has 0 amide bonds. The number of aryl methyl sites for hydroxylation is 2. The predicted molar refractivity (Wildman–Crippen MR) is 165 cm³/mol. The minimum atomic E-state index is -2.71. The van der Waals surface area contributed by atoms with Crippen molar-refractivity contribution in [2.75, 3.05) is 0 Å². The van der Waals surface area contributed by atoms with Gasteiger partial charge in [0, 0.05) is 0 Å². The van der Waals surface area contributed by atoms with Crippen LogP contribution in [0.3, 0.4) is 0 Å². The summed E-state index contributed by atoms with van der Waals surface area (Å²) in [5, 5.41) is 0. The Kier molecular flexibility index (Phi) is 8.24. The van der Waals surface area contributed by atoms with E-state index in [0.717, 1.165) is 0 Å². The maximum atomic E-state index is 2.58. The van der Waals surface area contributed by atoms with Crippen molar-refractivity contribution in [3.63, 3.8) is 0 Å². The molecule has 3 heteroatoms. The summed E-state index contributed by atoms with van der Waals surface area (Å²) < 4.78 is 4.36. The van der Waals surface area contributed by atoms with Gasteiger partial charge in [-0.1, -0.05) is 0 Å². The second-order valence-corrected chi connectivity index (χ2v) is 23.9. The van der Waals surface area contributed by atoms with Crippen LogP contribution in [0.15, 0.2) is 83.9 Å². The van der Waals surface area contributed by atoms with Crippen LogP contribution in [0.5, 0.6) is 0 Å². The molecule has 0 bridgehead atoms. The van der Waals surface area contributed by atoms with E-state index in [1.54, 1.807) is 22.3 Å². The topological polar surface area (TPSA) is 0 Å². The molecule has 0 saturated carbocycles. The molecule has 0 spiro atoms. The summed E-state index contributed by atoms with van der Waals surface area (Å²) in [5.41, 5.74) is 21.2. The summed E-state index contributed by atoms with van der Waals surface area (Å²) in [6.07, 6.45) is 5.17. The van der Waals surface area contributed by atoms with E-state index in [-0.39, 0.29) is 24.8 Å². The smallest absolute Gasteiger partial charge is 1.00 e. The van der Waals surface area contributed by atoms with Crippen molar-refractivity contribution < 1.29 is 45.1 Å². The molecule has 1 fully saturated rings. The van der Waals surface area contributed by atoms with Gasteiger partial charge in [0.25, 0.3) is 0 Å². The predicted octanol–water partition coefficient (Wildman–Crippen LogP) is 4.88. The van der Waals surface area contributed by atoms with Crippen molar-refractivity contribution in [1.82, 2.24) is 0 Å². The molecule has 2 unspecified atom stereocenters. The van der Waals surface area contributed by atoms with Crippen molar-refractivity contribution >= 4 is 12.2 Å². The van der Waals surface area contributed by atoms with Crippen molar-refractivity contribution in [1.29, 1.82) is 0 Å². The van der Waals surface area contributed by atoms with Gasteiger partial charge in [0.15, 0.2) is 0 Å². The van der Waals surface area contributed by atoms with E-state index in [1.807, 2.05) is 0 Å². The molecule has 0 N–H and O–H groups in total. The molecule has 208 valence electrons. The van der Waals surface area contributed by atoms with Gasteiger partial charge >= 0.3 is 240 Å². The van der Waals surface area contributed by atoms with Crippen molar-refractivity contribution in [3.8, 4) is 22.3 Å². The van der Waals surface area contributed by atoms with Gasteiger partial charge in [-0.2, -0.15) is 0 Å². The molecular formula is C38H38Cl2Zr. The van der Waals surface area contributed by atoms with E-state index >= 15 is 0 Å². The van der Waals surface area contributed by atoms with Crippen LogP contribution < -0.4 is 24.8 Å². The normalized spacial score (nSPS) is 18.6. The Hall–Kier alpha value is -2.18. The number of hydrogen-bond donors (Lipinski definition) is 0. The summed E-state index contributed by atoms with van der Waals surface area (Å²) >= 11 is -2.71. The summed E-state index contributed by atoms with van der Waals surface area (Å²) in [5.74, 6) is 0. The fraction of sp³-hybridized carbons (Fsp3) is 0.263. The van der Waals surface area contributed by atoms with Crippen LogP contribution in [-0.2, 0) is 20.3 Å². The van der Waals surface area contributed by atoms with Gasteiger partial charge in [-0.05, 0) is 0 Å². The summed E-state index contributed by atoms with van der Waals surface area (Å²) in [6, 6.07) is 27.0. The molecule has 2 atom stereocenters. The number of halogens is 2. The number of rotatable bonds is 4. The molecule has 1 saturated heterocycles. The van der Waals surface area contributed by atoms with Gasteiger partial charge in [0.1, 0.15) is 0 Å². The van der Waals surface area contributed by atoms with Crippen LogP contribution in [0.2, 0.25) is 8.26 Å². The molecule has 7 rings (SSSR count). The third-order valence-corrected chi connectivity index (χ3v) is 23.6. The fourth-order valence-corrected chi connectivity index (χ4v) is 26.2. The van der Waals surface area contributed by atoms with Crippen LogP contribution >= 0.6 is 0 Å². The van der Waals surface area contributed by atoms with Crippen LogP contribution in [0, 0.1) is 27.7 Å². The molecule has 41 heavy (non-hydrogen) atoms. The Morgan fingerprint density at radius 1 is 0.537 bits per heavy atom. The molecule has 3 aliphatic rings.